The van der Waals surface area contributed by atoms with Crippen LogP contribution in [0.5, 0.6) is 0 Å². The Morgan fingerprint density at radius 2 is 2.00 bits per heavy atom. The number of rotatable bonds is 2. The first-order chi connectivity index (χ1) is 7.70. The van der Waals surface area contributed by atoms with Gasteiger partial charge in [-0.05, 0) is 24.3 Å². The van der Waals surface area contributed by atoms with E-state index in [1.807, 2.05) is 0 Å². The van der Waals surface area contributed by atoms with Crippen LogP contribution in [-0.4, -0.2) is 10.8 Å². The fourth-order valence-electron chi connectivity index (χ4n) is 1.31. The molecule has 0 saturated carbocycles. The van der Waals surface area contributed by atoms with Crippen LogP contribution in [0, 0.1) is 5.82 Å². The number of carbonyl (C=O) groups is 1. The van der Waals surface area contributed by atoms with Gasteiger partial charge in [-0.3, -0.25) is 9.78 Å². The Hall–Kier alpha value is -1.74. The average molecular weight is 236 g/mol. The molecule has 0 bridgehead atoms. The fourth-order valence-corrected chi connectivity index (χ4v) is 1.49. The number of halogens is 2. The molecule has 0 spiro atoms. The van der Waals surface area contributed by atoms with Crippen LogP contribution in [0.2, 0.25) is 5.02 Å². The third-order valence-corrected chi connectivity index (χ3v) is 2.39. The molecule has 1 aromatic carbocycles. The van der Waals surface area contributed by atoms with Crippen molar-refractivity contribution in [3.8, 4) is 0 Å². The summed E-state index contributed by atoms with van der Waals surface area (Å²) in [5.41, 5.74) is 0.134. The lowest BCUT2D eigenvalue weighted by Crippen LogP contribution is -2.06. The molecule has 0 aliphatic rings. The van der Waals surface area contributed by atoms with E-state index in [2.05, 4.69) is 4.98 Å². The molecule has 2 rings (SSSR count). The molecule has 0 aliphatic carbocycles. The Morgan fingerprint density at radius 1 is 1.19 bits per heavy atom. The minimum absolute atomic E-state index is 0.0637. The molecule has 80 valence electrons. The van der Waals surface area contributed by atoms with Gasteiger partial charge in [0.2, 0.25) is 5.78 Å². The molecule has 1 heterocycles. The normalized spacial score (nSPS) is 10.1. The Bertz CT molecular complexity index is 528. The molecule has 16 heavy (non-hydrogen) atoms. The van der Waals surface area contributed by atoms with Gasteiger partial charge in [-0.2, -0.15) is 0 Å². The van der Waals surface area contributed by atoms with E-state index < -0.39 is 11.6 Å². The van der Waals surface area contributed by atoms with E-state index in [4.69, 9.17) is 11.6 Å². The molecule has 0 N–H and O–H groups in total. The Morgan fingerprint density at radius 3 is 2.69 bits per heavy atom. The standard InChI is InChI=1S/C12H7ClFNO/c13-9-5-3-4-8(11(9)14)12(16)10-6-1-2-7-15-10/h1-7H. The summed E-state index contributed by atoms with van der Waals surface area (Å²) in [6.45, 7) is 0. The number of ketones is 1. The summed E-state index contributed by atoms with van der Waals surface area (Å²) in [6, 6.07) is 9.20. The van der Waals surface area contributed by atoms with Crippen molar-refractivity contribution in [1.29, 1.82) is 0 Å². The molecule has 2 aromatic rings. The van der Waals surface area contributed by atoms with Crippen molar-refractivity contribution in [3.63, 3.8) is 0 Å². The first-order valence-electron chi connectivity index (χ1n) is 4.60. The second kappa shape index (κ2) is 4.41. The summed E-state index contributed by atoms with van der Waals surface area (Å²) in [6.07, 6.45) is 1.48. The summed E-state index contributed by atoms with van der Waals surface area (Å²) >= 11 is 5.60. The third-order valence-electron chi connectivity index (χ3n) is 2.09. The van der Waals surface area contributed by atoms with Crippen molar-refractivity contribution >= 4 is 17.4 Å². The summed E-state index contributed by atoms with van der Waals surface area (Å²) in [7, 11) is 0. The molecule has 0 amide bonds. The monoisotopic (exact) mass is 235 g/mol. The Labute approximate surface area is 96.7 Å². The van der Waals surface area contributed by atoms with E-state index in [1.165, 1.54) is 30.5 Å². The van der Waals surface area contributed by atoms with Crippen LogP contribution >= 0.6 is 11.6 Å². The van der Waals surface area contributed by atoms with Gasteiger partial charge >= 0.3 is 0 Å². The maximum absolute atomic E-state index is 13.6. The molecule has 4 heteroatoms. The maximum atomic E-state index is 13.6. The highest BCUT2D eigenvalue weighted by Gasteiger charge is 2.16. The van der Waals surface area contributed by atoms with Gasteiger partial charge < -0.3 is 0 Å². The number of carbonyl (C=O) groups excluding carboxylic acids is 1. The minimum Gasteiger partial charge on any atom is -0.287 e. The predicted molar refractivity (Wildman–Crippen MR) is 59.1 cm³/mol. The number of hydrogen-bond acceptors (Lipinski definition) is 2. The molecule has 2 nitrogen and oxygen atoms in total. The lowest BCUT2D eigenvalue weighted by Gasteiger charge is -2.02. The van der Waals surface area contributed by atoms with E-state index in [-0.39, 0.29) is 16.3 Å². The Balaban J connectivity index is 2.46. The van der Waals surface area contributed by atoms with Gasteiger partial charge in [0.1, 0.15) is 5.69 Å². The maximum Gasteiger partial charge on any atom is 0.214 e. The summed E-state index contributed by atoms with van der Waals surface area (Å²) in [5.74, 6) is -1.18. The summed E-state index contributed by atoms with van der Waals surface area (Å²) < 4.78 is 13.6. The van der Waals surface area contributed by atoms with Gasteiger partial charge in [-0.1, -0.05) is 23.7 Å². The summed E-state index contributed by atoms with van der Waals surface area (Å²) in [4.78, 5) is 15.7. The minimum atomic E-state index is -0.709. The first kappa shape index (κ1) is 10.8. The highest BCUT2D eigenvalue weighted by molar-refractivity contribution is 6.31. The number of aromatic nitrogens is 1. The van der Waals surface area contributed by atoms with E-state index >= 15 is 0 Å². The predicted octanol–water partition coefficient (Wildman–Crippen LogP) is 3.11. The number of nitrogens with zero attached hydrogens (tertiary/aromatic N) is 1. The second-order valence-corrected chi connectivity index (χ2v) is 3.55. The molecule has 0 saturated heterocycles. The smallest absolute Gasteiger partial charge is 0.214 e. The quantitative estimate of drug-likeness (QED) is 0.749. The summed E-state index contributed by atoms with van der Waals surface area (Å²) in [5, 5.41) is -0.0678. The molecular formula is C12H7ClFNO. The molecule has 0 unspecified atom stereocenters. The van der Waals surface area contributed by atoms with Gasteiger partial charge in [-0.15, -0.1) is 0 Å². The van der Waals surface area contributed by atoms with Crippen LogP contribution in [0.15, 0.2) is 42.6 Å². The molecule has 0 aliphatic heterocycles. The van der Waals surface area contributed by atoms with Crippen molar-refractivity contribution in [2.24, 2.45) is 0 Å². The number of hydrogen-bond donors (Lipinski definition) is 0. The van der Waals surface area contributed by atoms with Crippen molar-refractivity contribution in [2.45, 2.75) is 0 Å². The zero-order valence-corrected chi connectivity index (χ0v) is 8.91. The van der Waals surface area contributed by atoms with E-state index in [9.17, 15) is 9.18 Å². The lowest BCUT2D eigenvalue weighted by atomic mass is 10.1. The van der Waals surface area contributed by atoms with Crippen LogP contribution in [0.25, 0.3) is 0 Å². The lowest BCUT2D eigenvalue weighted by molar-refractivity contribution is 0.103. The van der Waals surface area contributed by atoms with E-state index in [1.54, 1.807) is 12.1 Å². The van der Waals surface area contributed by atoms with Crippen LogP contribution in [0.3, 0.4) is 0 Å². The largest absolute Gasteiger partial charge is 0.287 e. The molecule has 1 aromatic heterocycles. The highest BCUT2D eigenvalue weighted by atomic mass is 35.5. The average Bonchev–Trinajstić information content (AvgIpc) is 2.33. The molecule has 0 radical (unpaired) electrons. The van der Waals surface area contributed by atoms with Crippen molar-refractivity contribution in [3.05, 3.63) is 64.7 Å². The zero-order chi connectivity index (χ0) is 11.5. The number of benzene rings is 1. The molecule has 0 atom stereocenters. The topological polar surface area (TPSA) is 30.0 Å². The number of pyridine rings is 1. The van der Waals surface area contributed by atoms with Crippen molar-refractivity contribution < 1.29 is 9.18 Å². The molecular weight excluding hydrogens is 229 g/mol. The van der Waals surface area contributed by atoms with Gasteiger partial charge in [-0.25, -0.2) is 4.39 Å². The first-order valence-corrected chi connectivity index (χ1v) is 4.97. The zero-order valence-electron chi connectivity index (χ0n) is 8.15. The van der Waals surface area contributed by atoms with Crippen LogP contribution in [-0.2, 0) is 0 Å². The fraction of sp³-hybridized carbons (Fsp3) is 0. The van der Waals surface area contributed by atoms with Gasteiger partial charge in [0, 0.05) is 6.20 Å². The third kappa shape index (κ3) is 1.95. The van der Waals surface area contributed by atoms with E-state index in [0.717, 1.165) is 0 Å². The Kier molecular flexibility index (Phi) is 2.97. The molecule has 0 fully saturated rings. The van der Waals surface area contributed by atoms with Gasteiger partial charge in [0.15, 0.2) is 5.82 Å². The van der Waals surface area contributed by atoms with Crippen molar-refractivity contribution in [2.75, 3.05) is 0 Å². The SMILES string of the molecule is O=C(c1ccccn1)c1cccc(Cl)c1F. The van der Waals surface area contributed by atoms with Gasteiger partial charge in [0.05, 0.1) is 10.6 Å². The second-order valence-electron chi connectivity index (χ2n) is 3.15. The highest BCUT2D eigenvalue weighted by Crippen LogP contribution is 2.19. The van der Waals surface area contributed by atoms with E-state index in [0.29, 0.717) is 0 Å². The van der Waals surface area contributed by atoms with Crippen molar-refractivity contribution in [1.82, 2.24) is 4.98 Å². The van der Waals surface area contributed by atoms with Gasteiger partial charge in [0.25, 0.3) is 0 Å². The van der Waals surface area contributed by atoms with Crippen LogP contribution in [0.4, 0.5) is 4.39 Å². The van der Waals surface area contributed by atoms with Crippen LogP contribution in [0.1, 0.15) is 16.1 Å². The van der Waals surface area contributed by atoms with Crippen LogP contribution < -0.4 is 0 Å².